The molecule has 1 aliphatic heterocycles. The minimum atomic E-state index is 0.108. The predicted octanol–water partition coefficient (Wildman–Crippen LogP) is 1.96. The molecule has 22 heavy (non-hydrogen) atoms. The van der Waals surface area contributed by atoms with E-state index in [4.69, 9.17) is 0 Å². The predicted molar refractivity (Wildman–Crippen MR) is 84.5 cm³/mol. The van der Waals surface area contributed by atoms with Crippen molar-refractivity contribution in [3.8, 4) is 0 Å². The van der Waals surface area contributed by atoms with Crippen molar-refractivity contribution in [2.75, 3.05) is 0 Å². The van der Waals surface area contributed by atoms with Gasteiger partial charge in [0.05, 0.1) is 6.42 Å². The lowest BCUT2D eigenvalue weighted by atomic mass is 10.0. The van der Waals surface area contributed by atoms with Gasteiger partial charge in [0.25, 0.3) is 0 Å². The Balaban J connectivity index is 1.58. The van der Waals surface area contributed by atoms with Crippen LogP contribution in [0.1, 0.15) is 35.4 Å². The Morgan fingerprint density at radius 3 is 3.09 bits per heavy atom. The quantitative estimate of drug-likeness (QED) is 0.942. The van der Waals surface area contributed by atoms with Gasteiger partial charge in [0.1, 0.15) is 12.2 Å². The standard InChI is InChI=1S/C17H22N4O/c1-12-3-4-13(2)14(9-12)10-17(22)19-15-5-6-16-20-18-11-21(16)8-7-15/h3-4,9,11,15H,5-8,10H2,1-2H3,(H,19,22). The highest BCUT2D eigenvalue weighted by Gasteiger charge is 2.19. The van der Waals surface area contributed by atoms with Crippen LogP contribution in [-0.4, -0.2) is 26.7 Å². The Morgan fingerprint density at radius 2 is 2.23 bits per heavy atom. The number of hydrogen-bond donors (Lipinski definition) is 1. The minimum Gasteiger partial charge on any atom is -0.353 e. The van der Waals surface area contributed by atoms with Crippen LogP contribution < -0.4 is 5.32 Å². The lowest BCUT2D eigenvalue weighted by Crippen LogP contribution is -2.36. The van der Waals surface area contributed by atoms with Crippen LogP contribution in [0, 0.1) is 13.8 Å². The summed E-state index contributed by atoms with van der Waals surface area (Å²) in [7, 11) is 0. The van der Waals surface area contributed by atoms with Crippen LogP contribution in [0.25, 0.3) is 0 Å². The van der Waals surface area contributed by atoms with Gasteiger partial charge in [-0.25, -0.2) is 0 Å². The first-order valence-corrected chi connectivity index (χ1v) is 7.84. The molecule has 116 valence electrons. The Morgan fingerprint density at radius 1 is 1.36 bits per heavy atom. The van der Waals surface area contributed by atoms with E-state index in [0.717, 1.165) is 37.2 Å². The molecule has 1 amide bonds. The minimum absolute atomic E-state index is 0.108. The third-order valence-corrected chi connectivity index (χ3v) is 4.35. The smallest absolute Gasteiger partial charge is 0.224 e. The van der Waals surface area contributed by atoms with Gasteiger partial charge >= 0.3 is 0 Å². The lowest BCUT2D eigenvalue weighted by molar-refractivity contribution is -0.121. The third kappa shape index (κ3) is 3.35. The number of amides is 1. The zero-order valence-corrected chi connectivity index (χ0v) is 13.2. The second-order valence-corrected chi connectivity index (χ2v) is 6.14. The van der Waals surface area contributed by atoms with E-state index < -0.39 is 0 Å². The molecule has 3 rings (SSSR count). The highest BCUT2D eigenvalue weighted by molar-refractivity contribution is 5.79. The molecule has 1 atom stereocenters. The summed E-state index contributed by atoms with van der Waals surface area (Å²) in [4.78, 5) is 12.3. The number of benzene rings is 1. The van der Waals surface area contributed by atoms with Crippen LogP contribution in [0.5, 0.6) is 0 Å². The molecule has 5 heteroatoms. The molecule has 0 saturated carbocycles. The number of rotatable bonds is 3. The molecule has 0 fully saturated rings. The average molecular weight is 298 g/mol. The number of carbonyl (C=O) groups is 1. The van der Waals surface area contributed by atoms with E-state index in [9.17, 15) is 4.79 Å². The number of aryl methyl sites for hydroxylation is 4. The van der Waals surface area contributed by atoms with E-state index in [1.54, 1.807) is 6.33 Å². The van der Waals surface area contributed by atoms with E-state index in [1.807, 2.05) is 0 Å². The Labute approximate surface area is 130 Å². The van der Waals surface area contributed by atoms with Crippen molar-refractivity contribution in [1.82, 2.24) is 20.1 Å². The molecule has 5 nitrogen and oxygen atoms in total. The number of nitrogens with zero attached hydrogens (tertiary/aromatic N) is 3. The van der Waals surface area contributed by atoms with Crippen LogP contribution in [0.4, 0.5) is 0 Å². The van der Waals surface area contributed by atoms with Crippen LogP contribution in [0.2, 0.25) is 0 Å². The first kappa shape index (κ1) is 14.8. The van der Waals surface area contributed by atoms with Gasteiger partial charge in [-0.05, 0) is 37.8 Å². The van der Waals surface area contributed by atoms with Crippen LogP contribution in [-0.2, 0) is 24.2 Å². The summed E-state index contributed by atoms with van der Waals surface area (Å²) in [6.07, 6.45) is 4.96. The Hall–Kier alpha value is -2.17. The molecule has 2 heterocycles. The maximum atomic E-state index is 12.3. The molecule has 0 aliphatic carbocycles. The van der Waals surface area contributed by atoms with Crippen molar-refractivity contribution >= 4 is 5.91 Å². The van der Waals surface area contributed by atoms with Crippen LogP contribution >= 0.6 is 0 Å². The van der Waals surface area contributed by atoms with Gasteiger partial charge in [-0.2, -0.15) is 0 Å². The monoisotopic (exact) mass is 298 g/mol. The average Bonchev–Trinajstić information content (AvgIpc) is 2.85. The Kier molecular flexibility index (Phi) is 4.22. The molecule has 0 saturated heterocycles. The SMILES string of the molecule is Cc1ccc(C)c(CC(=O)NC2CCc3nncn3CC2)c1. The largest absolute Gasteiger partial charge is 0.353 e. The normalized spacial score (nSPS) is 17.6. The summed E-state index contributed by atoms with van der Waals surface area (Å²) in [5, 5.41) is 11.2. The highest BCUT2D eigenvalue weighted by atomic mass is 16.1. The summed E-state index contributed by atoms with van der Waals surface area (Å²) >= 11 is 0. The fourth-order valence-corrected chi connectivity index (χ4v) is 2.99. The number of hydrogen-bond acceptors (Lipinski definition) is 3. The fraction of sp³-hybridized carbons (Fsp3) is 0.471. The molecule has 1 unspecified atom stereocenters. The second kappa shape index (κ2) is 6.30. The fourth-order valence-electron chi connectivity index (χ4n) is 2.99. The molecule has 0 bridgehead atoms. The number of aromatic nitrogens is 3. The van der Waals surface area contributed by atoms with Crippen molar-refractivity contribution in [2.24, 2.45) is 0 Å². The molecule has 1 aromatic heterocycles. The first-order chi connectivity index (χ1) is 10.6. The number of carbonyl (C=O) groups excluding carboxylic acids is 1. The van der Waals surface area contributed by atoms with Gasteiger partial charge in [-0.15, -0.1) is 10.2 Å². The summed E-state index contributed by atoms with van der Waals surface area (Å²) in [6.45, 7) is 4.98. The zero-order valence-electron chi connectivity index (χ0n) is 13.2. The van der Waals surface area contributed by atoms with E-state index in [1.165, 1.54) is 11.1 Å². The van der Waals surface area contributed by atoms with Gasteiger partial charge < -0.3 is 9.88 Å². The summed E-state index contributed by atoms with van der Waals surface area (Å²) in [6, 6.07) is 6.48. The molecule has 0 radical (unpaired) electrons. The topological polar surface area (TPSA) is 59.8 Å². The molecule has 2 aromatic rings. The van der Waals surface area contributed by atoms with Gasteiger partial charge in [0.15, 0.2) is 0 Å². The van der Waals surface area contributed by atoms with E-state index in [2.05, 4.69) is 52.1 Å². The maximum absolute atomic E-state index is 12.3. The number of fused-ring (bicyclic) bond motifs is 1. The van der Waals surface area contributed by atoms with E-state index in [0.29, 0.717) is 6.42 Å². The van der Waals surface area contributed by atoms with Gasteiger partial charge in [0, 0.05) is 19.0 Å². The molecule has 0 spiro atoms. The van der Waals surface area contributed by atoms with Crippen molar-refractivity contribution in [2.45, 2.75) is 52.1 Å². The second-order valence-electron chi connectivity index (χ2n) is 6.14. The lowest BCUT2D eigenvalue weighted by Gasteiger charge is -2.16. The number of nitrogens with one attached hydrogen (secondary N) is 1. The summed E-state index contributed by atoms with van der Waals surface area (Å²) < 4.78 is 2.08. The molecular formula is C17H22N4O. The molecule has 1 N–H and O–H groups in total. The van der Waals surface area contributed by atoms with Crippen molar-refractivity contribution in [3.63, 3.8) is 0 Å². The van der Waals surface area contributed by atoms with Gasteiger partial charge in [-0.3, -0.25) is 4.79 Å². The van der Waals surface area contributed by atoms with E-state index >= 15 is 0 Å². The third-order valence-electron chi connectivity index (χ3n) is 4.35. The van der Waals surface area contributed by atoms with Crippen LogP contribution in [0.3, 0.4) is 0 Å². The molecule has 1 aromatic carbocycles. The molecular weight excluding hydrogens is 276 g/mol. The highest BCUT2D eigenvalue weighted by Crippen LogP contribution is 2.14. The Bertz CT molecular complexity index is 655. The zero-order chi connectivity index (χ0) is 15.5. The maximum Gasteiger partial charge on any atom is 0.224 e. The summed E-state index contributed by atoms with van der Waals surface area (Å²) in [5.74, 6) is 1.13. The van der Waals surface area contributed by atoms with Crippen LogP contribution in [0.15, 0.2) is 24.5 Å². The van der Waals surface area contributed by atoms with E-state index in [-0.39, 0.29) is 11.9 Å². The van der Waals surface area contributed by atoms with Crippen molar-refractivity contribution in [3.05, 3.63) is 47.0 Å². The first-order valence-electron chi connectivity index (χ1n) is 7.84. The molecule has 1 aliphatic rings. The van der Waals surface area contributed by atoms with Crippen molar-refractivity contribution < 1.29 is 4.79 Å². The van der Waals surface area contributed by atoms with Gasteiger partial charge in [-0.1, -0.05) is 23.8 Å². The summed E-state index contributed by atoms with van der Waals surface area (Å²) in [5.41, 5.74) is 3.48. The van der Waals surface area contributed by atoms with Gasteiger partial charge in [0.2, 0.25) is 5.91 Å². The van der Waals surface area contributed by atoms with Crippen molar-refractivity contribution in [1.29, 1.82) is 0 Å².